The van der Waals surface area contributed by atoms with Crippen molar-refractivity contribution in [3.05, 3.63) is 60.4 Å². The number of fused-ring (bicyclic) bond motifs is 1. The first-order valence-corrected chi connectivity index (χ1v) is 10.4. The molecule has 0 saturated carbocycles. The SMILES string of the molecule is CC(C)CNc1nc(Nc2cccc(N)c2)c2ncn(CCc3ccc(N)cc3)c2n1. The number of nitrogens with zero attached hydrogens (tertiary/aromatic N) is 4. The number of hydrogen-bond donors (Lipinski definition) is 4. The Balaban J connectivity index is 1.65. The van der Waals surface area contributed by atoms with E-state index in [2.05, 4.69) is 39.0 Å². The molecule has 0 unspecified atom stereocenters. The van der Waals surface area contributed by atoms with E-state index in [1.165, 1.54) is 5.56 Å². The molecule has 0 bridgehead atoms. The maximum Gasteiger partial charge on any atom is 0.226 e. The predicted octanol–water partition coefficient (Wildman–Crippen LogP) is 4.04. The maximum atomic E-state index is 5.93. The van der Waals surface area contributed by atoms with Gasteiger partial charge < -0.3 is 26.7 Å². The van der Waals surface area contributed by atoms with Gasteiger partial charge in [-0.3, -0.25) is 0 Å². The van der Waals surface area contributed by atoms with Crippen LogP contribution in [0.3, 0.4) is 0 Å². The highest BCUT2D eigenvalue weighted by Crippen LogP contribution is 2.25. The lowest BCUT2D eigenvalue weighted by Gasteiger charge is -2.12. The van der Waals surface area contributed by atoms with Crippen LogP contribution in [0.15, 0.2) is 54.9 Å². The molecule has 0 spiro atoms. The van der Waals surface area contributed by atoms with Gasteiger partial charge in [0.25, 0.3) is 0 Å². The van der Waals surface area contributed by atoms with E-state index < -0.39 is 0 Å². The van der Waals surface area contributed by atoms with Crippen LogP contribution in [0.5, 0.6) is 0 Å². The van der Waals surface area contributed by atoms with Crippen LogP contribution in [0.25, 0.3) is 11.2 Å². The predicted molar refractivity (Wildman–Crippen MR) is 127 cm³/mol. The molecule has 2 aromatic heterocycles. The van der Waals surface area contributed by atoms with Crippen molar-refractivity contribution in [2.24, 2.45) is 5.92 Å². The molecule has 0 atom stereocenters. The number of nitrogens with two attached hydrogens (primary N) is 2. The summed E-state index contributed by atoms with van der Waals surface area (Å²) in [5.41, 5.74) is 16.7. The van der Waals surface area contributed by atoms with Gasteiger partial charge in [-0.2, -0.15) is 9.97 Å². The minimum absolute atomic E-state index is 0.472. The Morgan fingerprint density at radius 2 is 1.81 bits per heavy atom. The second-order valence-electron chi connectivity index (χ2n) is 8.02. The topological polar surface area (TPSA) is 120 Å². The van der Waals surface area contributed by atoms with Crippen molar-refractivity contribution < 1.29 is 0 Å². The highest BCUT2D eigenvalue weighted by atomic mass is 15.2. The largest absolute Gasteiger partial charge is 0.399 e. The third kappa shape index (κ3) is 5.03. The minimum atomic E-state index is 0.472. The maximum absolute atomic E-state index is 5.93. The summed E-state index contributed by atoms with van der Waals surface area (Å²) in [4.78, 5) is 14.0. The number of anilines is 5. The molecule has 8 heteroatoms. The fourth-order valence-corrected chi connectivity index (χ4v) is 3.26. The first-order chi connectivity index (χ1) is 15.0. The van der Waals surface area contributed by atoms with Crippen molar-refractivity contribution in [1.29, 1.82) is 0 Å². The lowest BCUT2D eigenvalue weighted by Crippen LogP contribution is -2.12. The van der Waals surface area contributed by atoms with Gasteiger partial charge in [0.15, 0.2) is 17.0 Å². The number of rotatable bonds is 8. The second-order valence-corrected chi connectivity index (χ2v) is 8.02. The molecule has 0 saturated heterocycles. The number of imidazole rings is 1. The molecule has 4 rings (SSSR count). The molecular weight excluding hydrogens is 388 g/mol. The van der Waals surface area contributed by atoms with E-state index in [1.54, 1.807) is 0 Å². The van der Waals surface area contributed by atoms with Crippen LogP contribution in [0.4, 0.5) is 28.8 Å². The standard InChI is InChI=1S/C23H28N8/c1-15(2)13-26-23-29-21(28-19-5-3-4-18(25)12-19)20-22(30-23)31(14-27-20)11-10-16-6-8-17(24)9-7-16/h3-9,12,14-15H,10-11,13,24-25H2,1-2H3,(H2,26,28,29,30). The molecule has 160 valence electrons. The lowest BCUT2D eigenvalue weighted by molar-refractivity contribution is 0.683. The summed E-state index contributed by atoms with van der Waals surface area (Å²) in [7, 11) is 0. The van der Waals surface area contributed by atoms with Gasteiger partial charge >= 0.3 is 0 Å². The average Bonchev–Trinajstić information content (AvgIpc) is 3.15. The fraction of sp³-hybridized carbons (Fsp3) is 0.261. The summed E-state index contributed by atoms with van der Waals surface area (Å²) in [6.45, 7) is 5.82. The smallest absolute Gasteiger partial charge is 0.226 e. The van der Waals surface area contributed by atoms with E-state index in [0.29, 0.717) is 23.4 Å². The van der Waals surface area contributed by atoms with Gasteiger partial charge in [-0.05, 0) is 48.2 Å². The van der Waals surface area contributed by atoms with Crippen LogP contribution < -0.4 is 22.1 Å². The zero-order chi connectivity index (χ0) is 21.8. The summed E-state index contributed by atoms with van der Waals surface area (Å²) >= 11 is 0. The summed E-state index contributed by atoms with van der Waals surface area (Å²) in [5.74, 6) is 1.69. The van der Waals surface area contributed by atoms with Gasteiger partial charge in [-0.25, -0.2) is 4.98 Å². The number of aromatic nitrogens is 4. The number of nitrogens with one attached hydrogen (secondary N) is 2. The molecule has 6 N–H and O–H groups in total. The van der Waals surface area contributed by atoms with E-state index in [9.17, 15) is 0 Å². The zero-order valence-electron chi connectivity index (χ0n) is 17.8. The van der Waals surface area contributed by atoms with Crippen molar-refractivity contribution in [2.45, 2.75) is 26.8 Å². The zero-order valence-corrected chi connectivity index (χ0v) is 17.8. The Labute approximate surface area is 181 Å². The first-order valence-electron chi connectivity index (χ1n) is 10.4. The van der Waals surface area contributed by atoms with Crippen LogP contribution in [0, 0.1) is 5.92 Å². The molecule has 0 aliphatic heterocycles. The number of benzene rings is 2. The summed E-state index contributed by atoms with van der Waals surface area (Å²) < 4.78 is 2.05. The molecule has 2 heterocycles. The van der Waals surface area contributed by atoms with Crippen molar-refractivity contribution >= 4 is 40.0 Å². The Kier molecular flexibility index (Phi) is 5.88. The third-order valence-electron chi connectivity index (χ3n) is 4.90. The van der Waals surface area contributed by atoms with Crippen molar-refractivity contribution in [3.8, 4) is 0 Å². The van der Waals surface area contributed by atoms with Crippen LogP contribution in [0.2, 0.25) is 0 Å². The Morgan fingerprint density at radius 3 is 2.55 bits per heavy atom. The Bertz CT molecular complexity index is 1160. The van der Waals surface area contributed by atoms with Crippen molar-refractivity contribution in [3.63, 3.8) is 0 Å². The second kappa shape index (κ2) is 8.91. The molecule has 8 nitrogen and oxygen atoms in total. The summed E-state index contributed by atoms with van der Waals surface area (Å²) in [5, 5.41) is 6.68. The Morgan fingerprint density at radius 1 is 1.00 bits per heavy atom. The first kappa shape index (κ1) is 20.5. The monoisotopic (exact) mass is 416 g/mol. The molecule has 0 aliphatic carbocycles. The molecule has 2 aromatic carbocycles. The van der Waals surface area contributed by atoms with E-state index in [-0.39, 0.29) is 0 Å². The summed E-state index contributed by atoms with van der Waals surface area (Å²) in [6, 6.07) is 15.5. The fourth-order valence-electron chi connectivity index (χ4n) is 3.26. The van der Waals surface area contributed by atoms with Gasteiger partial charge in [-0.1, -0.05) is 32.0 Å². The van der Waals surface area contributed by atoms with Gasteiger partial charge in [0.2, 0.25) is 5.95 Å². The lowest BCUT2D eigenvalue weighted by atomic mass is 10.1. The third-order valence-corrected chi connectivity index (χ3v) is 4.90. The molecule has 4 aromatic rings. The molecule has 0 fully saturated rings. The van der Waals surface area contributed by atoms with Crippen LogP contribution in [-0.4, -0.2) is 26.1 Å². The number of nitrogen functional groups attached to an aromatic ring is 2. The molecule has 0 aliphatic rings. The molecule has 0 amide bonds. The van der Waals surface area contributed by atoms with Crippen molar-refractivity contribution in [1.82, 2.24) is 19.5 Å². The van der Waals surface area contributed by atoms with E-state index >= 15 is 0 Å². The van der Waals surface area contributed by atoms with Gasteiger partial charge in [-0.15, -0.1) is 0 Å². The molecule has 31 heavy (non-hydrogen) atoms. The summed E-state index contributed by atoms with van der Waals surface area (Å²) in [6.07, 6.45) is 2.66. The minimum Gasteiger partial charge on any atom is -0.399 e. The molecular formula is C23H28N8. The normalized spacial score (nSPS) is 11.2. The van der Waals surface area contributed by atoms with Gasteiger partial charge in [0, 0.05) is 30.2 Å². The van der Waals surface area contributed by atoms with E-state index in [0.717, 1.165) is 42.0 Å². The van der Waals surface area contributed by atoms with Crippen LogP contribution >= 0.6 is 0 Å². The highest BCUT2D eigenvalue weighted by molar-refractivity contribution is 5.86. The van der Waals surface area contributed by atoms with Gasteiger partial charge in [0.05, 0.1) is 6.33 Å². The van der Waals surface area contributed by atoms with E-state index in [1.807, 2.05) is 54.9 Å². The quantitative estimate of drug-likeness (QED) is 0.320. The van der Waals surface area contributed by atoms with Crippen LogP contribution in [-0.2, 0) is 13.0 Å². The number of hydrogen-bond acceptors (Lipinski definition) is 7. The van der Waals surface area contributed by atoms with Gasteiger partial charge in [0.1, 0.15) is 0 Å². The van der Waals surface area contributed by atoms with Crippen LogP contribution in [0.1, 0.15) is 19.4 Å². The van der Waals surface area contributed by atoms with E-state index in [4.69, 9.17) is 16.5 Å². The van der Waals surface area contributed by atoms with Crippen molar-refractivity contribution in [2.75, 3.05) is 28.6 Å². The Hall–Kier alpha value is -3.81. The molecule has 0 radical (unpaired) electrons. The average molecular weight is 417 g/mol. The number of aryl methyl sites for hydroxylation is 2. The highest BCUT2D eigenvalue weighted by Gasteiger charge is 2.14.